The number of benzene rings is 1. The molecule has 0 aliphatic heterocycles. The molecule has 0 aliphatic carbocycles. The van der Waals surface area contributed by atoms with Crippen molar-refractivity contribution in [2.45, 2.75) is 0 Å². The molecule has 25 heavy (non-hydrogen) atoms. The SMILES string of the molecule is O=C(COC(=O)c1ccc(=O)[nH]c1)Nc1c(F)c(F)c(F)c(F)c1F. The van der Waals surface area contributed by atoms with Crippen molar-refractivity contribution < 1.29 is 36.3 Å². The fraction of sp³-hybridized carbons (Fsp3) is 0.0714. The van der Waals surface area contributed by atoms with Crippen LogP contribution in [0.4, 0.5) is 27.6 Å². The molecule has 1 aromatic carbocycles. The van der Waals surface area contributed by atoms with Gasteiger partial charge in [0.2, 0.25) is 11.4 Å². The van der Waals surface area contributed by atoms with Crippen LogP contribution in [0, 0.1) is 29.1 Å². The van der Waals surface area contributed by atoms with Crippen molar-refractivity contribution >= 4 is 17.6 Å². The maximum absolute atomic E-state index is 13.4. The maximum atomic E-state index is 13.4. The Morgan fingerprint density at radius 3 is 2.04 bits per heavy atom. The summed E-state index contributed by atoms with van der Waals surface area (Å²) >= 11 is 0. The second-order valence-electron chi connectivity index (χ2n) is 4.51. The van der Waals surface area contributed by atoms with E-state index in [9.17, 15) is 36.3 Å². The van der Waals surface area contributed by atoms with E-state index in [-0.39, 0.29) is 5.56 Å². The number of hydrogen-bond donors (Lipinski definition) is 2. The molecule has 0 saturated carbocycles. The molecule has 0 bridgehead atoms. The zero-order valence-corrected chi connectivity index (χ0v) is 12.0. The van der Waals surface area contributed by atoms with Crippen molar-refractivity contribution in [3.63, 3.8) is 0 Å². The number of carbonyl (C=O) groups is 2. The third kappa shape index (κ3) is 3.82. The van der Waals surface area contributed by atoms with E-state index in [4.69, 9.17) is 0 Å². The molecule has 2 rings (SSSR count). The number of pyridine rings is 1. The number of halogens is 5. The van der Waals surface area contributed by atoms with E-state index >= 15 is 0 Å². The first-order chi connectivity index (χ1) is 11.7. The molecule has 0 radical (unpaired) electrons. The lowest BCUT2D eigenvalue weighted by molar-refractivity contribution is -0.119. The molecule has 132 valence electrons. The van der Waals surface area contributed by atoms with Gasteiger partial charge in [-0.05, 0) is 6.07 Å². The number of H-pyrrole nitrogens is 1. The van der Waals surface area contributed by atoms with E-state index in [0.717, 1.165) is 18.3 Å². The second-order valence-corrected chi connectivity index (χ2v) is 4.51. The summed E-state index contributed by atoms with van der Waals surface area (Å²) in [4.78, 5) is 36.0. The molecular weight excluding hydrogens is 355 g/mol. The molecule has 2 N–H and O–H groups in total. The number of nitrogens with one attached hydrogen (secondary N) is 2. The highest BCUT2D eigenvalue weighted by Gasteiger charge is 2.27. The van der Waals surface area contributed by atoms with Crippen LogP contribution >= 0.6 is 0 Å². The quantitative estimate of drug-likeness (QED) is 0.376. The fourth-order valence-corrected chi connectivity index (χ4v) is 1.64. The lowest BCUT2D eigenvalue weighted by Gasteiger charge is -2.10. The zero-order valence-electron chi connectivity index (χ0n) is 12.0. The lowest BCUT2D eigenvalue weighted by atomic mass is 10.2. The Balaban J connectivity index is 2.07. The average Bonchev–Trinajstić information content (AvgIpc) is 2.60. The summed E-state index contributed by atoms with van der Waals surface area (Å²) in [5.41, 5.74) is -2.20. The van der Waals surface area contributed by atoms with Crippen molar-refractivity contribution in [1.29, 1.82) is 0 Å². The smallest absolute Gasteiger partial charge is 0.340 e. The van der Waals surface area contributed by atoms with E-state index in [0.29, 0.717) is 0 Å². The van der Waals surface area contributed by atoms with Gasteiger partial charge < -0.3 is 15.0 Å². The number of rotatable bonds is 4. The van der Waals surface area contributed by atoms with Gasteiger partial charge in [0.05, 0.1) is 5.56 Å². The van der Waals surface area contributed by atoms with Crippen LogP contribution in [0.25, 0.3) is 0 Å². The van der Waals surface area contributed by atoms with Gasteiger partial charge in [0.1, 0.15) is 5.69 Å². The van der Waals surface area contributed by atoms with Crippen LogP contribution in [0.1, 0.15) is 10.4 Å². The van der Waals surface area contributed by atoms with Crippen molar-refractivity contribution in [3.8, 4) is 0 Å². The number of aromatic nitrogens is 1. The number of anilines is 1. The molecular formula is C14H7F5N2O4. The molecule has 0 fully saturated rings. The molecule has 0 unspecified atom stereocenters. The van der Waals surface area contributed by atoms with Crippen LogP contribution in [-0.4, -0.2) is 23.5 Å². The van der Waals surface area contributed by atoms with Crippen LogP contribution in [0.5, 0.6) is 0 Å². The highest BCUT2D eigenvalue weighted by molar-refractivity contribution is 5.95. The minimum atomic E-state index is -2.38. The molecule has 0 aliphatic rings. The molecule has 0 saturated heterocycles. The summed E-state index contributed by atoms with van der Waals surface area (Å²) in [6, 6.07) is 2.09. The van der Waals surface area contributed by atoms with E-state index < -0.39 is 58.8 Å². The second kappa shape index (κ2) is 7.11. The highest BCUT2D eigenvalue weighted by atomic mass is 19.2. The van der Waals surface area contributed by atoms with Crippen molar-refractivity contribution in [3.05, 3.63) is 63.3 Å². The van der Waals surface area contributed by atoms with Crippen molar-refractivity contribution in [1.82, 2.24) is 4.98 Å². The Labute approximate surface area is 135 Å². The highest BCUT2D eigenvalue weighted by Crippen LogP contribution is 2.26. The molecule has 0 spiro atoms. The van der Waals surface area contributed by atoms with Gasteiger partial charge in [-0.1, -0.05) is 0 Å². The maximum Gasteiger partial charge on any atom is 0.340 e. The molecule has 2 aromatic rings. The van der Waals surface area contributed by atoms with Gasteiger partial charge in [0, 0.05) is 12.3 Å². The minimum absolute atomic E-state index is 0.136. The third-order valence-corrected chi connectivity index (χ3v) is 2.83. The minimum Gasteiger partial charge on any atom is -0.452 e. The van der Waals surface area contributed by atoms with Gasteiger partial charge >= 0.3 is 5.97 Å². The monoisotopic (exact) mass is 362 g/mol. The molecule has 11 heteroatoms. The summed E-state index contributed by atoms with van der Waals surface area (Å²) in [5, 5.41) is 1.43. The Kier molecular flexibility index (Phi) is 5.15. The van der Waals surface area contributed by atoms with Gasteiger partial charge in [-0.15, -0.1) is 0 Å². The lowest BCUT2D eigenvalue weighted by Crippen LogP contribution is -2.23. The van der Waals surface area contributed by atoms with Gasteiger partial charge in [-0.2, -0.15) is 0 Å². The number of ether oxygens (including phenoxy) is 1. The Morgan fingerprint density at radius 2 is 1.52 bits per heavy atom. The Bertz CT molecular complexity index is 863. The van der Waals surface area contributed by atoms with Crippen LogP contribution < -0.4 is 10.9 Å². The topological polar surface area (TPSA) is 88.3 Å². The van der Waals surface area contributed by atoms with Gasteiger partial charge in [0.15, 0.2) is 29.9 Å². The Morgan fingerprint density at radius 1 is 0.960 bits per heavy atom. The van der Waals surface area contributed by atoms with Gasteiger partial charge in [0.25, 0.3) is 5.91 Å². The molecule has 1 aromatic heterocycles. The number of esters is 1. The molecule has 6 nitrogen and oxygen atoms in total. The van der Waals surface area contributed by atoms with Crippen LogP contribution in [0.15, 0.2) is 23.1 Å². The third-order valence-electron chi connectivity index (χ3n) is 2.83. The van der Waals surface area contributed by atoms with Crippen LogP contribution in [0.2, 0.25) is 0 Å². The normalized spacial score (nSPS) is 10.4. The summed E-state index contributed by atoms with van der Waals surface area (Å²) < 4.78 is 70.1. The number of carbonyl (C=O) groups excluding carboxylic acids is 2. The summed E-state index contributed by atoms with van der Waals surface area (Å²) in [7, 11) is 0. The standard InChI is InChI=1S/C14H7F5N2O4/c15-8-9(16)11(18)13(12(19)10(8)17)21-7(23)4-25-14(24)5-1-2-6(22)20-3-5/h1-3H,4H2,(H,20,22)(H,21,23). The molecule has 1 amide bonds. The van der Waals surface area contributed by atoms with E-state index in [1.165, 1.54) is 5.32 Å². The van der Waals surface area contributed by atoms with Gasteiger partial charge in [-0.3, -0.25) is 9.59 Å². The van der Waals surface area contributed by atoms with Crippen molar-refractivity contribution in [2.24, 2.45) is 0 Å². The summed E-state index contributed by atoms with van der Waals surface area (Å²) in [6.07, 6.45) is 0.993. The number of aromatic amines is 1. The average molecular weight is 362 g/mol. The largest absolute Gasteiger partial charge is 0.452 e. The number of hydrogen-bond acceptors (Lipinski definition) is 4. The van der Waals surface area contributed by atoms with E-state index in [1.54, 1.807) is 0 Å². The van der Waals surface area contributed by atoms with E-state index in [2.05, 4.69) is 9.72 Å². The summed E-state index contributed by atoms with van der Waals surface area (Å²) in [5.74, 6) is -13.7. The first kappa shape index (κ1) is 18.1. The first-order valence-electron chi connectivity index (χ1n) is 6.39. The fourth-order valence-electron chi connectivity index (χ4n) is 1.64. The zero-order chi connectivity index (χ0) is 18.7. The number of amides is 1. The van der Waals surface area contributed by atoms with E-state index in [1.807, 2.05) is 0 Å². The van der Waals surface area contributed by atoms with Crippen LogP contribution in [0.3, 0.4) is 0 Å². The predicted octanol–water partition coefficient (Wildman–Crippen LogP) is 1.87. The molecule has 1 heterocycles. The summed E-state index contributed by atoms with van der Waals surface area (Å²) in [6.45, 7) is -1.07. The Hall–Kier alpha value is -3.24. The van der Waals surface area contributed by atoms with Crippen LogP contribution in [-0.2, 0) is 9.53 Å². The molecule has 0 atom stereocenters. The predicted molar refractivity (Wildman–Crippen MR) is 72.2 cm³/mol. The first-order valence-corrected chi connectivity index (χ1v) is 6.39. The van der Waals surface area contributed by atoms with Crippen molar-refractivity contribution in [2.75, 3.05) is 11.9 Å². The van der Waals surface area contributed by atoms with Gasteiger partial charge in [-0.25, -0.2) is 26.7 Å².